The van der Waals surface area contributed by atoms with Crippen molar-refractivity contribution in [3.63, 3.8) is 0 Å². The Morgan fingerprint density at radius 1 is 1.24 bits per heavy atom. The maximum atomic E-state index is 12.4. The van der Waals surface area contributed by atoms with Crippen LogP contribution in [-0.4, -0.2) is 11.6 Å². The number of hydrogen-bond acceptors (Lipinski definition) is 2. The molecule has 4 aliphatic rings. The highest BCUT2D eigenvalue weighted by Gasteiger charge is 2.60. The first-order chi connectivity index (χ1) is 11.7. The minimum atomic E-state index is -0.0315. The van der Waals surface area contributed by atoms with Crippen molar-refractivity contribution >= 4 is 11.6 Å². The molecule has 134 valence electrons. The van der Waals surface area contributed by atoms with E-state index in [0.29, 0.717) is 29.5 Å². The molecule has 0 bridgehead atoms. The molecule has 0 amide bonds. The summed E-state index contributed by atoms with van der Waals surface area (Å²) in [6, 6.07) is 0. The number of fused-ring (bicyclic) bond motifs is 5. The Bertz CT molecular complexity index is 739. The molecule has 2 heteroatoms. The summed E-state index contributed by atoms with van der Waals surface area (Å²) in [5, 5.41) is 0. The standard InChI is InChI=1S/C23H30O2/c1-13-10-17-18(22(4)8-6-16(25)12-19(13)22)7-9-23(5)20(17)11-14(2)21(23)15(3)24/h6,8,10,12,14,17-18,20-21H,7,9,11H2,1-5H3/t14-,17-,18+,20+,21-,22-,23+/m1/s1. The summed E-state index contributed by atoms with van der Waals surface area (Å²) in [7, 11) is 0. The molecule has 2 fully saturated rings. The van der Waals surface area contributed by atoms with E-state index in [4.69, 9.17) is 0 Å². The quantitative estimate of drug-likeness (QED) is 0.680. The number of carbonyl (C=O) groups excluding carboxylic acids is 2. The molecule has 0 N–H and O–H groups in total. The number of hydrogen-bond donors (Lipinski definition) is 0. The highest BCUT2D eigenvalue weighted by molar-refractivity contribution is 6.01. The summed E-state index contributed by atoms with van der Waals surface area (Å²) in [6.07, 6.45) is 11.7. The summed E-state index contributed by atoms with van der Waals surface area (Å²) in [4.78, 5) is 24.3. The molecule has 25 heavy (non-hydrogen) atoms. The maximum absolute atomic E-state index is 12.4. The van der Waals surface area contributed by atoms with Crippen LogP contribution in [0.15, 0.2) is 35.5 Å². The van der Waals surface area contributed by atoms with Crippen LogP contribution in [-0.2, 0) is 9.59 Å². The second-order valence-corrected chi connectivity index (χ2v) is 9.56. The molecule has 0 heterocycles. The van der Waals surface area contributed by atoms with E-state index in [2.05, 4.69) is 39.8 Å². The van der Waals surface area contributed by atoms with E-state index < -0.39 is 0 Å². The van der Waals surface area contributed by atoms with Gasteiger partial charge in [0.05, 0.1) is 0 Å². The van der Waals surface area contributed by atoms with Gasteiger partial charge >= 0.3 is 0 Å². The Morgan fingerprint density at radius 3 is 2.64 bits per heavy atom. The Morgan fingerprint density at radius 2 is 1.96 bits per heavy atom. The van der Waals surface area contributed by atoms with Gasteiger partial charge in [-0.3, -0.25) is 9.59 Å². The van der Waals surface area contributed by atoms with Gasteiger partial charge in [0.2, 0.25) is 0 Å². The van der Waals surface area contributed by atoms with Crippen LogP contribution in [0.3, 0.4) is 0 Å². The molecule has 0 aromatic rings. The highest BCUT2D eigenvalue weighted by Crippen LogP contribution is 2.66. The van der Waals surface area contributed by atoms with E-state index in [0.717, 1.165) is 19.3 Å². The van der Waals surface area contributed by atoms with Crippen molar-refractivity contribution in [2.24, 2.45) is 40.4 Å². The normalized spacial score (nSPS) is 48.2. The van der Waals surface area contributed by atoms with Crippen molar-refractivity contribution in [3.05, 3.63) is 35.5 Å². The number of allylic oxidation sites excluding steroid dienone is 6. The van der Waals surface area contributed by atoms with Crippen molar-refractivity contribution in [1.29, 1.82) is 0 Å². The zero-order chi connectivity index (χ0) is 18.1. The van der Waals surface area contributed by atoms with Gasteiger partial charge in [0, 0.05) is 11.3 Å². The van der Waals surface area contributed by atoms with Crippen LogP contribution in [0.2, 0.25) is 0 Å². The Kier molecular flexibility index (Phi) is 3.59. The fourth-order valence-corrected chi connectivity index (χ4v) is 7.29. The molecule has 0 aromatic carbocycles. The fourth-order valence-electron chi connectivity index (χ4n) is 7.29. The molecule has 0 aromatic heterocycles. The second-order valence-electron chi connectivity index (χ2n) is 9.56. The predicted molar refractivity (Wildman–Crippen MR) is 99.9 cm³/mol. The predicted octanol–water partition coefficient (Wildman–Crippen LogP) is 4.91. The fraction of sp³-hybridized carbons (Fsp3) is 0.652. The third kappa shape index (κ3) is 2.15. The van der Waals surface area contributed by atoms with Gasteiger partial charge in [-0.05, 0) is 79.9 Å². The van der Waals surface area contributed by atoms with Crippen molar-refractivity contribution in [1.82, 2.24) is 0 Å². The number of rotatable bonds is 1. The first-order valence-electron chi connectivity index (χ1n) is 9.83. The van der Waals surface area contributed by atoms with Gasteiger partial charge in [-0.15, -0.1) is 0 Å². The lowest BCUT2D eigenvalue weighted by molar-refractivity contribution is -0.127. The molecule has 0 saturated heterocycles. The van der Waals surface area contributed by atoms with E-state index in [-0.39, 0.29) is 22.5 Å². The van der Waals surface area contributed by atoms with E-state index in [1.165, 1.54) is 11.1 Å². The zero-order valence-corrected chi connectivity index (χ0v) is 16.1. The van der Waals surface area contributed by atoms with Crippen LogP contribution in [0.5, 0.6) is 0 Å². The average Bonchev–Trinajstić information content (AvgIpc) is 2.80. The van der Waals surface area contributed by atoms with Crippen LogP contribution < -0.4 is 0 Å². The topological polar surface area (TPSA) is 34.1 Å². The summed E-state index contributed by atoms with van der Waals surface area (Å²) < 4.78 is 0. The first-order valence-corrected chi connectivity index (χ1v) is 9.83. The molecule has 0 radical (unpaired) electrons. The molecular weight excluding hydrogens is 308 g/mol. The van der Waals surface area contributed by atoms with Crippen molar-refractivity contribution in [3.8, 4) is 0 Å². The van der Waals surface area contributed by atoms with E-state index >= 15 is 0 Å². The molecule has 7 atom stereocenters. The Balaban J connectivity index is 1.80. The lowest BCUT2D eigenvalue weighted by Gasteiger charge is -2.55. The summed E-state index contributed by atoms with van der Waals surface area (Å²) in [5.41, 5.74) is 2.59. The molecule has 2 nitrogen and oxygen atoms in total. The molecule has 0 aliphatic heterocycles. The van der Waals surface area contributed by atoms with E-state index in [1.807, 2.05) is 6.08 Å². The van der Waals surface area contributed by atoms with Crippen LogP contribution >= 0.6 is 0 Å². The molecule has 0 unspecified atom stereocenters. The van der Waals surface area contributed by atoms with E-state index in [1.54, 1.807) is 13.0 Å². The molecule has 4 aliphatic carbocycles. The van der Waals surface area contributed by atoms with Gasteiger partial charge in [0.25, 0.3) is 0 Å². The molecular formula is C23H30O2. The second kappa shape index (κ2) is 5.28. The van der Waals surface area contributed by atoms with Crippen LogP contribution in [0.4, 0.5) is 0 Å². The molecule has 4 rings (SSSR count). The molecule has 2 saturated carbocycles. The monoisotopic (exact) mass is 338 g/mol. The first kappa shape index (κ1) is 17.0. The van der Waals surface area contributed by atoms with Crippen molar-refractivity contribution in [2.45, 2.75) is 53.9 Å². The Hall–Kier alpha value is -1.44. The zero-order valence-electron chi connectivity index (χ0n) is 16.1. The minimum Gasteiger partial charge on any atom is -0.300 e. The van der Waals surface area contributed by atoms with Gasteiger partial charge in [0.1, 0.15) is 5.78 Å². The van der Waals surface area contributed by atoms with Gasteiger partial charge in [0.15, 0.2) is 5.78 Å². The lowest BCUT2D eigenvalue weighted by atomic mass is 9.48. The van der Waals surface area contributed by atoms with Crippen molar-refractivity contribution in [2.75, 3.05) is 0 Å². The van der Waals surface area contributed by atoms with Gasteiger partial charge in [-0.2, -0.15) is 0 Å². The summed E-state index contributed by atoms with van der Waals surface area (Å²) in [5.74, 6) is 2.82. The van der Waals surface area contributed by atoms with Crippen LogP contribution in [0, 0.1) is 40.4 Å². The van der Waals surface area contributed by atoms with Gasteiger partial charge < -0.3 is 0 Å². The van der Waals surface area contributed by atoms with Crippen molar-refractivity contribution < 1.29 is 9.59 Å². The van der Waals surface area contributed by atoms with Gasteiger partial charge in [-0.1, -0.05) is 38.5 Å². The number of carbonyl (C=O) groups is 2. The summed E-state index contributed by atoms with van der Waals surface area (Å²) >= 11 is 0. The minimum absolute atomic E-state index is 0.0315. The third-order valence-corrected chi connectivity index (χ3v) is 8.21. The smallest absolute Gasteiger partial charge is 0.178 e. The Labute approximate surface area is 151 Å². The van der Waals surface area contributed by atoms with Crippen LogP contribution in [0.1, 0.15) is 53.9 Å². The number of ketones is 2. The maximum Gasteiger partial charge on any atom is 0.178 e. The lowest BCUT2D eigenvalue weighted by Crippen LogP contribution is -2.49. The van der Waals surface area contributed by atoms with Gasteiger partial charge in [-0.25, -0.2) is 0 Å². The van der Waals surface area contributed by atoms with E-state index in [9.17, 15) is 9.59 Å². The highest BCUT2D eigenvalue weighted by atomic mass is 16.1. The third-order valence-electron chi connectivity index (χ3n) is 8.21. The average molecular weight is 338 g/mol. The molecule has 0 spiro atoms. The van der Waals surface area contributed by atoms with Crippen LogP contribution in [0.25, 0.3) is 0 Å². The summed E-state index contributed by atoms with van der Waals surface area (Å²) in [6.45, 7) is 10.9. The SMILES string of the molecule is CC(=O)[C@H]1[C@H](C)C[C@H]2[C@@H]3C=C(C)C4=CC(=O)C=C[C@]4(C)[C@H]3CC[C@@]21C. The largest absolute Gasteiger partial charge is 0.300 e. The number of Topliss-reactive ketones (excluding diaryl/α,β-unsaturated/α-hetero) is 1.